The van der Waals surface area contributed by atoms with Gasteiger partial charge in [0.2, 0.25) is 0 Å². The molecule has 0 saturated heterocycles. The van der Waals surface area contributed by atoms with Gasteiger partial charge in [0, 0.05) is 0 Å². The van der Waals surface area contributed by atoms with E-state index in [-0.39, 0.29) is 5.56 Å². The molecule has 0 aliphatic rings. The van der Waals surface area contributed by atoms with E-state index in [9.17, 15) is 4.79 Å². The van der Waals surface area contributed by atoms with Crippen molar-refractivity contribution in [3.05, 3.63) is 42.1 Å². The van der Waals surface area contributed by atoms with Gasteiger partial charge in [0.15, 0.2) is 5.16 Å². The van der Waals surface area contributed by atoms with Gasteiger partial charge in [-0.1, -0.05) is 12.1 Å². The first-order chi connectivity index (χ1) is 9.24. The Morgan fingerprint density at radius 2 is 2.11 bits per heavy atom. The second kappa shape index (κ2) is 4.69. The quantitative estimate of drug-likeness (QED) is 0.759. The van der Waals surface area contributed by atoms with Crippen LogP contribution in [-0.4, -0.2) is 31.2 Å². The molecular weight excluding hydrogens is 264 g/mol. The highest BCUT2D eigenvalue weighted by molar-refractivity contribution is 7.99. The molecule has 2 heterocycles. The van der Waals surface area contributed by atoms with Gasteiger partial charge >= 0.3 is 5.97 Å². The fraction of sp³-hybridized carbons (Fsp3) is 0. The van der Waals surface area contributed by atoms with Gasteiger partial charge in [0.1, 0.15) is 5.03 Å². The fourth-order valence-corrected chi connectivity index (χ4v) is 2.47. The van der Waals surface area contributed by atoms with Crippen LogP contribution in [0.2, 0.25) is 0 Å². The molecule has 6 nitrogen and oxygen atoms in total. The van der Waals surface area contributed by atoms with Crippen LogP contribution in [0.25, 0.3) is 11.0 Å². The van der Waals surface area contributed by atoms with Crippen LogP contribution >= 0.6 is 11.8 Å². The molecular formula is C12H8N4O2S. The molecule has 0 amide bonds. The number of fused-ring (bicyclic) bond motifs is 1. The smallest absolute Gasteiger partial charge is 0.338 e. The highest BCUT2D eigenvalue weighted by atomic mass is 32.2. The number of aromatic carboxylic acids is 1. The third-order valence-electron chi connectivity index (χ3n) is 2.48. The maximum atomic E-state index is 11.1. The van der Waals surface area contributed by atoms with E-state index in [0.717, 1.165) is 22.8 Å². The van der Waals surface area contributed by atoms with Crippen LogP contribution in [0.5, 0.6) is 0 Å². The van der Waals surface area contributed by atoms with Crippen molar-refractivity contribution in [1.82, 2.24) is 20.2 Å². The van der Waals surface area contributed by atoms with Crippen molar-refractivity contribution < 1.29 is 9.90 Å². The van der Waals surface area contributed by atoms with Crippen molar-refractivity contribution in [2.45, 2.75) is 10.2 Å². The highest BCUT2D eigenvalue weighted by Gasteiger charge is 2.14. The summed E-state index contributed by atoms with van der Waals surface area (Å²) in [5.41, 5.74) is 1.83. The predicted molar refractivity (Wildman–Crippen MR) is 69.2 cm³/mol. The number of hydrogen-bond donors (Lipinski definition) is 2. The summed E-state index contributed by atoms with van der Waals surface area (Å²) in [5.74, 6) is -1.03. The summed E-state index contributed by atoms with van der Waals surface area (Å²) in [6.07, 6.45) is 1.35. The van der Waals surface area contributed by atoms with Crippen molar-refractivity contribution in [1.29, 1.82) is 0 Å². The first kappa shape index (κ1) is 11.7. The number of aromatic amines is 1. The number of hydrogen-bond acceptors (Lipinski definition) is 5. The molecule has 1 aromatic carbocycles. The minimum Gasteiger partial charge on any atom is -0.478 e. The molecule has 0 saturated carbocycles. The van der Waals surface area contributed by atoms with Crippen LogP contribution in [0.1, 0.15) is 10.4 Å². The molecule has 0 aliphatic carbocycles. The zero-order chi connectivity index (χ0) is 13.2. The lowest BCUT2D eigenvalue weighted by atomic mass is 10.3. The van der Waals surface area contributed by atoms with Gasteiger partial charge in [-0.15, -0.1) is 5.10 Å². The average molecular weight is 272 g/mol. The third kappa shape index (κ3) is 2.27. The first-order valence-electron chi connectivity index (χ1n) is 5.41. The molecule has 2 N–H and O–H groups in total. The molecule has 2 aromatic heterocycles. The van der Waals surface area contributed by atoms with Gasteiger partial charge in [-0.3, -0.25) is 0 Å². The number of carboxylic acid groups (broad SMARTS) is 1. The van der Waals surface area contributed by atoms with Gasteiger partial charge in [-0.05, 0) is 30.0 Å². The van der Waals surface area contributed by atoms with Crippen LogP contribution in [0, 0.1) is 0 Å². The van der Waals surface area contributed by atoms with E-state index < -0.39 is 5.97 Å². The van der Waals surface area contributed by atoms with E-state index in [0.29, 0.717) is 10.2 Å². The van der Waals surface area contributed by atoms with E-state index in [2.05, 4.69) is 20.2 Å². The van der Waals surface area contributed by atoms with Crippen molar-refractivity contribution in [2.75, 3.05) is 0 Å². The maximum absolute atomic E-state index is 11.1. The van der Waals surface area contributed by atoms with Crippen molar-refractivity contribution in [3.63, 3.8) is 0 Å². The molecule has 0 spiro atoms. The minimum atomic E-state index is -1.03. The number of rotatable bonds is 3. The van der Waals surface area contributed by atoms with E-state index in [1.807, 2.05) is 24.3 Å². The van der Waals surface area contributed by atoms with E-state index >= 15 is 0 Å². The van der Waals surface area contributed by atoms with Crippen molar-refractivity contribution >= 4 is 28.8 Å². The zero-order valence-corrected chi connectivity index (χ0v) is 10.4. The van der Waals surface area contributed by atoms with Gasteiger partial charge in [0.25, 0.3) is 0 Å². The number of nitrogens with one attached hydrogen (secondary N) is 1. The summed E-state index contributed by atoms with van der Waals surface area (Å²) in [7, 11) is 0. The molecule has 3 aromatic rings. The van der Waals surface area contributed by atoms with Crippen molar-refractivity contribution in [2.24, 2.45) is 0 Å². The Morgan fingerprint density at radius 3 is 2.89 bits per heavy atom. The number of carbonyl (C=O) groups is 1. The van der Waals surface area contributed by atoms with Crippen LogP contribution in [-0.2, 0) is 0 Å². The summed E-state index contributed by atoms with van der Waals surface area (Å²) in [5, 5.41) is 17.5. The normalized spacial score (nSPS) is 10.7. The Balaban J connectivity index is 1.99. The van der Waals surface area contributed by atoms with Gasteiger partial charge in [0.05, 0.1) is 22.8 Å². The number of benzene rings is 1. The maximum Gasteiger partial charge on any atom is 0.338 e. The number of nitrogens with zero attached hydrogens (tertiary/aromatic N) is 3. The van der Waals surface area contributed by atoms with Crippen LogP contribution in [0.3, 0.4) is 0 Å². The Bertz CT molecular complexity index is 723. The number of carboxylic acids is 1. The van der Waals surface area contributed by atoms with Crippen LogP contribution in [0.15, 0.2) is 46.7 Å². The number of aromatic nitrogens is 4. The molecule has 0 unspecified atom stereocenters. The number of para-hydroxylation sites is 2. The lowest BCUT2D eigenvalue weighted by Crippen LogP contribution is -2.01. The molecule has 7 heteroatoms. The van der Waals surface area contributed by atoms with Gasteiger partial charge < -0.3 is 10.1 Å². The Hall–Kier alpha value is -2.41. The largest absolute Gasteiger partial charge is 0.478 e. The number of imidazole rings is 1. The van der Waals surface area contributed by atoms with Crippen LogP contribution < -0.4 is 0 Å². The Kier molecular flexibility index (Phi) is 2.88. The summed E-state index contributed by atoms with van der Waals surface area (Å²) in [6.45, 7) is 0. The molecule has 94 valence electrons. The Morgan fingerprint density at radius 1 is 1.26 bits per heavy atom. The molecule has 0 fully saturated rings. The van der Waals surface area contributed by atoms with E-state index in [4.69, 9.17) is 5.11 Å². The zero-order valence-electron chi connectivity index (χ0n) is 9.57. The summed E-state index contributed by atoms with van der Waals surface area (Å²) in [6, 6.07) is 8.99. The molecule has 19 heavy (non-hydrogen) atoms. The van der Waals surface area contributed by atoms with Gasteiger partial charge in [-0.2, -0.15) is 5.10 Å². The van der Waals surface area contributed by atoms with Crippen LogP contribution in [0.4, 0.5) is 0 Å². The highest BCUT2D eigenvalue weighted by Crippen LogP contribution is 2.27. The topological polar surface area (TPSA) is 91.8 Å². The molecule has 3 rings (SSSR count). The Labute approximate surface area is 111 Å². The lowest BCUT2D eigenvalue weighted by Gasteiger charge is -2.00. The molecule has 0 bridgehead atoms. The number of H-pyrrole nitrogens is 1. The van der Waals surface area contributed by atoms with E-state index in [1.165, 1.54) is 12.3 Å². The lowest BCUT2D eigenvalue weighted by molar-refractivity contribution is 0.0692. The molecule has 0 aliphatic heterocycles. The second-order valence-corrected chi connectivity index (χ2v) is 4.69. The third-order valence-corrected chi connectivity index (χ3v) is 3.36. The summed E-state index contributed by atoms with van der Waals surface area (Å²) in [4.78, 5) is 18.5. The average Bonchev–Trinajstić information content (AvgIpc) is 2.81. The summed E-state index contributed by atoms with van der Waals surface area (Å²) < 4.78 is 0. The standard InChI is InChI=1S/C12H8N4O2S/c17-11(18)7-5-6-13-16-10(7)19-12-14-8-3-1-2-4-9(8)15-12/h1-6H,(H,14,15)(H,17,18). The fourth-order valence-electron chi connectivity index (χ4n) is 1.63. The second-order valence-electron chi connectivity index (χ2n) is 3.72. The molecule has 0 radical (unpaired) electrons. The predicted octanol–water partition coefficient (Wildman–Crippen LogP) is 2.20. The van der Waals surface area contributed by atoms with E-state index in [1.54, 1.807) is 0 Å². The summed E-state index contributed by atoms with van der Waals surface area (Å²) >= 11 is 1.15. The minimum absolute atomic E-state index is 0.112. The first-order valence-corrected chi connectivity index (χ1v) is 6.23. The monoisotopic (exact) mass is 272 g/mol. The van der Waals surface area contributed by atoms with Gasteiger partial charge in [-0.25, -0.2) is 9.78 Å². The SMILES string of the molecule is O=C(O)c1ccnnc1Sc1nc2ccccc2[nH]1. The molecule has 0 atom stereocenters. The van der Waals surface area contributed by atoms with Crippen molar-refractivity contribution in [3.8, 4) is 0 Å².